The largest absolute Gasteiger partial charge is 0.493 e. The molecule has 2 aromatic carbocycles. The maximum Gasteiger partial charge on any atom is 0.326 e. The number of methoxy groups -OCH3 is 2. The highest BCUT2D eigenvalue weighted by Gasteiger charge is 2.43. The molecule has 0 unspecified atom stereocenters. The fourth-order valence-electron chi connectivity index (χ4n) is 4.60. The van der Waals surface area contributed by atoms with Crippen LogP contribution in [-0.2, 0) is 9.53 Å². The van der Waals surface area contributed by atoms with E-state index in [0.29, 0.717) is 60.4 Å². The molecule has 0 saturated heterocycles. The van der Waals surface area contributed by atoms with Crippen LogP contribution in [0.2, 0.25) is 5.02 Å². The summed E-state index contributed by atoms with van der Waals surface area (Å²) in [7, 11) is 4.84. The minimum atomic E-state index is -0.731. The van der Waals surface area contributed by atoms with E-state index in [0.717, 1.165) is 6.54 Å². The van der Waals surface area contributed by atoms with E-state index in [9.17, 15) is 9.18 Å². The van der Waals surface area contributed by atoms with E-state index in [1.807, 2.05) is 7.05 Å². The highest BCUT2D eigenvalue weighted by Crippen LogP contribution is 2.38. The molecule has 1 aliphatic carbocycles. The van der Waals surface area contributed by atoms with Gasteiger partial charge in [0.2, 0.25) is 0 Å². The van der Waals surface area contributed by atoms with Crippen LogP contribution in [0.15, 0.2) is 36.7 Å². The van der Waals surface area contributed by atoms with Crippen molar-refractivity contribution in [3.63, 3.8) is 0 Å². The second-order valence-corrected chi connectivity index (χ2v) is 9.30. The number of fused-ring (bicyclic) bond motifs is 1. The number of nitrogens with zero attached hydrogens (tertiary/aromatic N) is 2. The molecule has 0 atom stereocenters. The first-order chi connectivity index (χ1) is 17.9. The number of esters is 1. The molecule has 0 radical (unpaired) electrons. The van der Waals surface area contributed by atoms with Gasteiger partial charge in [-0.1, -0.05) is 17.7 Å². The van der Waals surface area contributed by atoms with Gasteiger partial charge >= 0.3 is 5.97 Å². The van der Waals surface area contributed by atoms with Crippen molar-refractivity contribution in [2.24, 2.45) is 0 Å². The second kappa shape index (κ2) is 11.9. The summed E-state index contributed by atoms with van der Waals surface area (Å²) in [6.07, 6.45) is 3.70. The van der Waals surface area contributed by atoms with Crippen LogP contribution in [0.3, 0.4) is 0 Å². The molecule has 0 bridgehead atoms. The summed E-state index contributed by atoms with van der Waals surface area (Å²) in [6, 6.07) is 8.25. The summed E-state index contributed by atoms with van der Waals surface area (Å²) in [5.41, 5.74) is 0.0689. The third-order valence-corrected chi connectivity index (χ3v) is 6.91. The number of ether oxygens (including phenoxy) is 3. The predicted molar refractivity (Wildman–Crippen MR) is 140 cm³/mol. The van der Waals surface area contributed by atoms with E-state index in [1.54, 1.807) is 31.4 Å². The number of aromatic nitrogens is 2. The van der Waals surface area contributed by atoms with Crippen molar-refractivity contribution in [3.8, 4) is 11.5 Å². The minimum absolute atomic E-state index is 0.00910. The number of halogens is 2. The van der Waals surface area contributed by atoms with Crippen LogP contribution in [0.25, 0.3) is 10.9 Å². The number of carbonyl (C=O) groups is 1. The zero-order chi connectivity index (χ0) is 26.4. The number of hydrogen-bond donors (Lipinski definition) is 3. The van der Waals surface area contributed by atoms with Crippen molar-refractivity contribution in [3.05, 3.63) is 47.5 Å². The molecule has 11 heteroatoms. The first kappa shape index (κ1) is 26.8. The molecule has 3 N–H and O–H groups in total. The summed E-state index contributed by atoms with van der Waals surface area (Å²) in [5, 5.41) is 10.1. The van der Waals surface area contributed by atoms with Crippen LogP contribution in [0, 0.1) is 5.82 Å². The van der Waals surface area contributed by atoms with Gasteiger partial charge in [0.25, 0.3) is 0 Å². The number of rotatable bonds is 10. The molecule has 1 heterocycles. The summed E-state index contributed by atoms with van der Waals surface area (Å²) in [5.74, 6) is 0.605. The number of hydrogen-bond acceptors (Lipinski definition) is 9. The molecule has 1 fully saturated rings. The topological polar surface area (TPSA) is 107 Å². The molecule has 1 saturated carbocycles. The average Bonchev–Trinajstić information content (AvgIpc) is 2.92. The second-order valence-electron chi connectivity index (χ2n) is 8.89. The quantitative estimate of drug-likeness (QED) is 0.262. The first-order valence-corrected chi connectivity index (χ1v) is 12.5. The van der Waals surface area contributed by atoms with Gasteiger partial charge in [0, 0.05) is 24.5 Å². The van der Waals surface area contributed by atoms with E-state index in [4.69, 9.17) is 25.8 Å². The summed E-state index contributed by atoms with van der Waals surface area (Å²) >= 11 is 5.94. The lowest BCUT2D eigenvalue weighted by Crippen LogP contribution is -2.56. The zero-order valence-corrected chi connectivity index (χ0v) is 21.8. The molecular formula is C26H31ClFN5O4. The molecule has 9 nitrogen and oxygen atoms in total. The van der Waals surface area contributed by atoms with Gasteiger partial charge in [-0.25, -0.2) is 14.4 Å². The molecule has 0 amide bonds. The third kappa shape index (κ3) is 5.87. The van der Waals surface area contributed by atoms with Gasteiger partial charge in [-0.15, -0.1) is 0 Å². The van der Waals surface area contributed by atoms with E-state index >= 15 is 0 Å². The van der Waals surface area contributed by atoms with Crippen LogP contribution in [0.1, 0.15) is 25.7 Å². The highest BCUT2D eigenvalue weighted by molar-refractivity contribution is 6.31. The Labute approximate surface area is 220 Å². The SMILES string of the molecule is CNCCNC1(C(=O)OC)CCC(Oc2cc3c(Nc4cccc(Cl)c4F)ncnc3cc2OC)CC1. The van der Waals surface area contributed by atoms with Crippen molar-refractivity contribution < 1.29 is 23.4 Å². The molecule has 0 aliphatic heterocycles. The molecule has 4 rings (SSSR count). The molecule has 37 heavy (non-hydrogen) atoms. The number of carbonyl (C=O) groups excluding carboxylic acids is 1. The van der Waals surface area contributed by atoms with Crippen LogP contribution in [0.4, 0.5) is 15.9 Å². The summed E-state index contributed by atoms with van der Waals surface area (Å²) < 4.78 is 31.6. The number of benzene rings is 2. The van der Waals surface area contributed by atoms with Crippen LogP contribution >= 0.6 is 11.6 Å². The summed E-state index contributed by atoms with van der Waals surface area (Å²) in [6.45, 7) is 1.39. The van der Waals surface area contributed by atoms with Gasteiger partial charge in [-0.05, 0) is 50.9 Å². The third-order valence-electron chi connectivity index (χ3n) is 6.62. The van der Waals surface area contributed by atoms with Gasteiger partial charge in [-0.2, -0.15) is 0 Å². The van der Waals surface area contributed by atoms with Crippen LogP contribution in [-0.4, -0.2) is 61.9 Å². The Morgan fingerprint density at radius 1 is 1.16 bits per heavy atom. The van der Waals surface area contributed by atoms with Crippen LogP contribution in [0.5, 0.6) is 11.5 Å². The maximum atomic E-state index is 14.5. The van der Waals surface area contributed by atoms with Crippen molar-refractivity contribution in [2.75, 3.05) is 39.7 Å². The van der Waals surface area contributed by atoms with Crippen LogP contribution < -0.4 is 25.4 Å². The highest BCUT2D eigenvalue weighted by atomic mass is 35.5. The van der Waals surface area contributed by atoms with Crippen molar-refractivity contribution in [1.82, 2.24) is 20.6 Å². The molecule has 0 spiro atoms. The van der Waals surface area contributed by atoms with Crippen molar-refractivity contribution >= 4 is 40.0 Å². The Hall–Kier alpha value is -3.21. The Kier molecular flexibility index (Phi) is 8.63. The first-order valence-electron chi connectivity index (χ1n) is 12.1. The van der Waals surface area contributed by atoms with Gasteiger partial charge in [0.05, 0.1) is 36.6 Å². The van der Waals surface area contributed by atoms with E-state index in [1.165, 1.54) is 19.5 Å². The Balaban J connectivity index is 1.56. The van der Waals surface area contributed by atoms with Gasteiger partial charge in [-0.3, -0.25) is 4.79 Å². The van der Waals surface area contributed by atoms with E-state index in [-0.39, 0.29) is 22.8 Å². The zero-order valence-electron chi connectivity index (χ0n) is 21.1. The van der Waals surface area contributed by atoms with E-state index in [2.05, 4.69) is 25.9 Å². The predicted octanol–water partition coefficient (Wildman–Crippen LogP) is 4.22. The Morgan fingerprint density at radius 3 is 2.65 bits per heavy atom. The molecule has 1 aliphatic rings. The molecule has 198 valence electrons. The maximum absolute atomic E-state index is 14.5. The standard InChI is InChI=1S/C26H31ClFN5O4/c1-29-11-12-32-26(25(34)36-3)9-7-16(8-10-26)37-22-13-17-20(14-21(22)35-2)30-15-31-24(17)33-19-6-4-5-18(27)23(19)28/h4-6,13-16,29,32H,7-12H2,1-3H3,(H,30,31,33). The lowest BCUT2D eigenvalue weighted by molar-refractivity contribution is -0.151. The Morgan fingerprint density at radius 2 is 1.95 bits per heavy atom. The van der Waals surface area contributed by atoms with Gasteiger partial charge in [0.15, 0.2) is 17.3 Å². The number of anilines is 2. The fourth-order valence-corrected chi connectivity index (χ4v) is 4.77. The molecular weight excluding hydrogens is 501 g/mol. The summed E-state index contributed by atoms with van der Waals surface area (Å²) in [4.78, 5) is 21.2. The Bertz CT molecular complexity index is 1250. The van der Waals surface area contributed by atoms with Crippen molar-refractivity contribution in [1.29, 1.82) is 0 Å². The number of nitrogens with one attached hydrogen (secondary N) is 3. The molecule has 3 aromatic rings. The number of likely N-dealkylation sites (N-methyl/N-ethyl adjacent to an activating group) is 1. The van der Waals surface area contributed by atoms with Gasteiger partial charge in [0.1, 0.15) is 17.7 Å². The normalized spacial score (nSPS) is 19.4. The molecule has 1 aromatic heterocycles. The van der Waals surface area contributed by atoms with Gasteiger partial charge < -0.3 is 30.2 Å². The monoisotopic (exact) mass is 531 g/mol. The minimum Gasteiger partial charge on any atom is -0.493 e. The lowest BCUT2D eigenvalue weighted by Gasteiger charge is -2.38. The van der Waals surface area contributed by atoms with E-state index < -0.39 is 11.4 Å². The lowest BCUT2D eigenvalue weighted by atomic mass is 9.80. The smallest absolute Gasteiger partial charge is 0.326 e. The fraction of sp³-hybridized carbons (Fsp3) is 0.423. The average molecular weight is 532 g/mol. The van der Waals surface area contributed by atoms with Crippen molar-refractivity contribution in [2.45, 2.75) is 37.3 Å².